The highest BCUT2D eigenvalue weighted by atomic mass is 16.5. The van der Waals surface area contributed by atoms with Gasteiger partial charge in [-0.1, -0.05) is 68.5 Å². The Labute approximate surface area is 181 Å². The Balaban J connectivity index is 1.58. The number of rotatable bonds is 9. The molecule has 158 valence electrons. The molecule has 0 amide bonds. The molecule has 8 heteroatoms. The molecular weight excluding hydrogens is 390 g/mol. The first-order valence-corrected chi connectivity index (χ1v) is 10.4. The molecule has 0 spiro atoms. The highest BCUT2D eigenvalue weighted by Gasteiger charge is 2.12. The lowest BCUT2D eigenvalue weighted by Gasteiger charge is -2.09. The van der Waals surface area contributed by atoms with Crippen LogP contribution < -0.4 is 4.74 Å². The molecule has 0 unspecified atom stereocenters. The van der Waals surface area contributed by atoms with Gasteiger partial charge in [-0.3, -0.25) is 0 Å². The van der Waals surface area contributed by atoms with E-state index < -0.39 is 0 Å². The lowest BCUT2D eigenvalue weighted by molar-refractivity contribution is 0.291. The Morgan fingerprint density at radius 1 is 1.03 bits per heavy atom. The zero-order valence-corrected chi connectivity index (χ0v) is 17.7. The Bertz CT molecular complexity index is 1130. The molecule has 31 heavy (non-hydrogen) atoms. The maximum absolute atomic E-state index is 5.62. The highest BCUT2D eigenvalue weighted by Crippen LogP contribution is 2.29. The number of ether oxygens (including phenoxy) is 1. The van der Waals surface area contributed by atoms with E-state index in [1.807, 2.05) is 29.0 Å². The van der Waals surface area contributed by atoms with Crippen molar-refractivity contribution in [2.24, 2.45) is 0 Å². The zero-order chi connectivity index (χ0) is 21.5. The van der Waals surface area contributed by atoms with Crippen molar-refractivity contribution in [3.63, 3.8) is 0 Å². The van der Waals surface area contributed by atoms with Crippen LogP contribution in [-0.4, -0.2) is 42.0 Å². The molecule has 0 fully saturated rings. The van der Waals surface area contributed by atoms with E-state index in [9.17, 15) is 0 Å². The van der Waals surface area contributed by atoms with Crippen LogP contribution in [0.5, 0.6) is 6.01 Å². The van der Waals surface area contributed by atoms with Crippen LogP contribution in [0.4, 0.5) is 0 Å². The van der Waals surface area contributed by atoms with Crippen LogP contribution in [0.15, 0.2) is 54.6 Å². The van der Waals surface area contributed by atoms with E-state index in [0.29, 0.717) is 25.0 Å². The van der Waals surface area contributed by atoms with Gasteiger partial charge >= 0.3 is 6.01 Å². The third kappa shape index (κ3) is 4.85. The lowest BCUT2D eigenvalue weighted by Crippen LogP contribution is -2.04. The van der Waals surface area contributed by atoms with Crippen LogP contribution >= 0.6 is 0 Å². The number of hydrogen-bond acceptors (Lipinski definition) is 6. The molecule has 0 saturated carbocycles. The van der Waals surface area contributed by atoms with Crippen LogP contribution in [0.2, 0.25) is 0 Å². The van der Waals surface area contributed by atoms with E-state index in [-0.39, 0.29) is 0 Å². The van der Waals surface area contributed by atoms with Crippen molar-refractivity contribution in [2.75, 3.05) is 6.61 Å². The van der Waals surface area contributed by atoms with Crippen molar-refractivity contribution in [1.82, 2.24) is 35.4 Å². The van der Waals surface area contributed by atoms with Crippen LogP contribution in [-0.2, 0) is 6.54 Å². The second-order valence-electron chi connectivity index (χ2n) is 7.06. The fraction of sp³-hybridized carbons (Fsp3) is 0.261. The lowest BCUT2D eigenvalue weighted by atomic mass is 9.98. The number of aromatic nitrogens is 7. The molecule has 0 aliphatic heterocycles. The molecule has 2 heterocycles. The number of nitrogens with zero attached hydrogens (tertiary/aromatic N) is 6. The third-order valence-corrected chi connectivity index (χ3v) is 4.74. The maximum atomic E-state index is 5.62. The number of tetrazole rings is 1. The number of benzene rings is 2. The van der Waals surface area contributed by atoms with Crippen molar-refractivity contribution >= 4 is 6.08 Å². The van der Waals surface area contributed by atoms with Gasteiger partial charge in [-0.25, -0.2) is 9.78 Å². The van der Waals surface area contributed by atoms with Crippen LogP contribution in [0.3, 0.4) is 0 Å². The zero-order valence-electron chi connectivity index (χ0n) is 17.7. The van der Waals surface area contributed by atoms with E-state index in [2.05, 4.69) is 81.0 Å². The fourth-order valence-electron chi connectivity index (χ4n) is 3.23. The number of aromatic amines is 1. The minimum absolute atomic E-state index is 0.420. The predicted octanol–water partition coefficient (Wildman–Crippen LogP) is 4.39. The molecule has 0 aliphatic carbocycles. The van der Waals surface area contributed by atoms with E-state index >= 15 is 0 Å². The molecule has 1 N–H and O–H groups in total. The molecule has 2 aromatic heterocycles. The van der Waals surface area contributed by atoms with Gasteiger partial charge in [-0.05, 0) is 46.0 Å². The molecule has 4 rings (SSSR count). The third-order valence-electron chi connectivity index (χ3n) is 4.74. The SMILES string of the molecule is CC/C=C/c1nc(OCCC)nn1Cc1ccc(-c2ccccc2-c2nnn[nH]2)cc1. The number of H-pyrrole nitrogens is 1. The van der Waals surface area contributed by atoms with Crippen molar-refractivity contribution in [2.45, 2.75) is 33.2 Å². The summed E-state index contributed by atoms with van der Waals surface area (Å²) in [6, 6.07) is 16.9. The molecule has 2 aromatic carbocycles. The second kappa shape index (κ2) is 9.80. The molecule has 0 saturated heterocycles. The van der Waals surface area contributed by atoms with Crippen LogP contribution in [0, 0.1) is 0 Å². The summed E-state index contributed by atoms with van der Waals surface area (Å²) in [4.78, 5) is 4.51. The molecule has 0 radical (unpaired) electrons. The number of hydrogen-bond donors (Lipinski definition) is 1. The number of allylic oxidation sites excluding steroid dienone is 1. The minimum atomic E-state index is 0.420. The highest BCUT2D eigenvalue weighted by molar-refractivity contribution is 5.80. The topological polar surface area (TPSA) is 94.4 Å². The normalized spacial score (nSPS) is 11.3. The van der Waals surface area contributed by atoms with Crippen molar-refractivity contribution in [3.8, 4) is 28.5 Å². The summed E-state index contributed by atoms with van der Waals surface area (Å²) in [6.07, 6.45) is 5.92. The van der Waals surface area contributed by atoms with Gasteiger partial charge in [0.1, 0.15) is 0 Å². The first-order chi connectivity index (χ1) is 15.3. The summed E-state index contributed by atoms with van der Waals surface area (Å²) in [6.45, 7) is 5.38. The summed E-state index contributed by atoms with van der Waals surface area (Å²) in [5, 5.41) is 18.8. The molecule has 0 aliphatic rings. The summed E-state index contributed by atoms with van der Waals surface area (Å²) in [5.41, 5.74) is 4.24. The van der Waals surface area contributed by atoms with Gasteiger partial charge < -0.3 is 4.74 Å². The number of nitrogens with one attached hydrogen (secondary N) is 1. The van der Waals surface area contributed by atoms with E-state index in [4.69, 9.17) is 4.74 Å². The Morgan fingerprint density at radius 3 is 2.55 bits per heavy atom. The van der Waals surface area contributed by atoms with Gasteiger partial charge in [0.15, 0.2) is 11.6 Å². The smallest absolute Gasteiger partial charge is 0.336 e. The standard InChI is InChI=1S/C23H25N7O/c1-3-5-10-21-24-23(31-15-4-2)27-30(21)16-17-11-13-18(14-12-17)19-8-6-7-9-20(19)22-25-28-29-26-22/h5-14H,3-4,15-16H2,1-2H3,(H,25,26,28,29)/b10-5+. The first kappa shape index (κ1) is 20.5. The monoisotopic (exact) mass is 415 g/mol. The molecular formula is C23H25N7O. The summed E-state index contributed by atoms with van der Waals surface area (Å²) in [5.74, 6) is 1.44. The van der Waals surface area contributed by atoms with Crippen LogP contribution in [0.1, 0.15) is 38.1 Å². The molecule has 4 aromatic rings. The molecule has 0 bridgehead atoms. The fourth-order valence-corrected chi connectivity index (χ4v) is 3.23. The predicted molar refractivity (Wildman–Crippen MR) is 119 cm³/mol. The minimum Gasteiger partial charge on any atom is -0.462 e. The van der Waals surface area contributed by atoms with Gasteiger partial charge in [0.25, 0.3) is 0 Å². The van der Waals surface area contributed by atoms with E-state index in [0.717, 1.165) is 40.9 Å². The summed E-state index contributed by atoms with van der Waals surface area (Å²) in [7, 11) is 0. The Morgan fingerprint density at radius 2 is 1.84 bits per heavy atom. The van der Waals surface area contributed by atoms with Gasteiger partial charge in [-0.2, -0.15) is 4.98 Å². The van der Waals surface area contributed by atoms with Gasteiger partial charge in [0.2, 0.25) is 0 Å². The first-order valence-electron chi connectivity index (χ1n) is 10.4. The van der Waals surface area contributed by atoms with Gasteiger partial charge in [-0.15, -0.1) is 10.2 Å². The van der Waals surface area contributed by atoms with Gasteiger partial charge in [0, 0.05) is 5.56 Å². The van der Waals surface area contributed by atoms with Gasteiger partial charge in [0.05, 0.1) is 13.2 Å². The quantitative estimate of drug-likeness (QED) is 0.436. The summed E-state index contributed by atoms with van der Waals surface area (Å²) >= 11 is 0. The van der Waals surface area contributed by atoms with E-state index in [1.54, 1.807) is 0 Å². The maximum Gasteiger partial charge on any atom is 0.336 e. The Kier molecular flexibility index (Phi) is 6.47. The van der Waals surface area contributed by atoms with E-state index in [1.165, 1.54) is 0 Å². The average Bonchev–Trinajstić information content (AvgIpc) is 3.47. The van der Waals surface area contributed by atoms with Crippen LogP contribution in [0.25, 0.3) is 28.6 Å². The second-order valence-corrected chi connectivity index (χ2v) is 7.06. The van der Waals surface area contributed by atoms with Crippen molar-refractivity contribution in [3.05, 3.63) is 66.0 Å². The Hall–Kier alpha value is -3.81. The van der Waals surface area contributed by atoms with Crippen molar-refractivity contribution < 1.29 is 4.74 Å². The largest absolute Gasteiger partial charge is 0.462 e. The van der Waals surface area contributed by atoms with Crippen molar-refractivity contribution in [1.29, 1.82) is 0 Å². The average molecular weight is 416 g/mol. The summed E-state index contributed by atoms with van der Waals surface area (Å²) < 4.78 is 7.50. The molecule has 8 nitrogen and oxygen atoms in total. The molecule has 0 atom stereocenters.